The van der Waals surface area contributed by atoms with Crippen LogP contribution in [0, 0.1) is 5.92 Å². The summed E-state index contributed by atoms with van der Waals surface area (Å²) in [5.74, 6) is 0.699. The summed E-state index contributed by atoms with van der Waals surface area (Å²) in [6.45, 7) is 8.86. The van der Waals surface area contributed by atoms with Crippen molar-refractivity contribution < 1.29 is 0 Å². The van der Waals surface area contributed by atoms with Crippen molar-refractivity contribution in [3.63, 3.8) is 0 Å². The van der Waals surface area contributed by atoms with E-state index >= 15 is 0 Å². The Morgan fingerprint density at radius 3 is 2.28 bits per heavy atom. The molecule has 0 fully saturated rings. The summed E-state index contributed by atoms with van der Waals surface area (Å²) >= 11 is 12.3. The van der Waals surface area contributed by atoms with Crippen LogP contribution >= 0.6 is 23.2 Å². The Morgan fingerprint density at radius 1 is 1.11 bits per heavy atom. The lowest BCUT2D eigenvalue weighted by Gasteiger charge is -2.27. The zero-order valence-corrected chi connectivity index (χ0v) is 13.1. The van der Waals surface area contributed by atoms with Gasteiger partial charge >= 0.3 is 0 Å². The molecule has 0 aliphatic rings. The van der Waals surface area contributed by atoms with Crippen LogP contribution in [0.3, 0.4) is 0 Å². The number of benzene rings is 1. The predicted octanol–water partition coefficient (Wildman–Crippen LogP) is 5.47. The van der Waals surface area contributed by atoms with Gasteiger partial charge < -0.3 is 5.32 Å². The molecular formula is C15H23Cl2N. The molecule has 3 heteroatoms. The molecule has 1 aromatic carbocycles. The second-order valence-electron chi connectivity index (χ2n) is 4.92. The first-order chi connectivity index (χ1) is 8.49. The number of hydrogen-bond acceptors (Lipinski definition) is 1. The normalized spacial score (nSPS) is 14.8. The zero-order chi connectivity index (χ0) is 13.7. The Balaban J connectivity index is 2.75. The van der Waals surface area contributed by atoms with Crippen LogP contribution in [-0.4, -0.2) is 6.04 Å². The topological polar surface area (TPSA) is 12.0 Å². The highest BCUT2D eigenvalue weighted by molar-refractivity contribution is 6.33. The van der Waals surface area contributed by atoms with Crippen molar-refractivity contribution in [2.75, 3.05) is 0 Å². The highest BCUT2D eigenvalue weighted by atomic mass is 35.5. The van der Waals surface area contributed by atoms with Crippen molar-refractivity contribution >= 4 is 23.2 Å². The van der Waals surface area contributed by atoms with E-state index in [1.54, 1.807) is 0 Å². The summed E-state index contributed by atoms with van der Waals surface area (Å²) in [6, 6.07) is 6.32. The summed E-state index contributed by atoms with van der Waals surface area (Å²) in [5, 5.41) is 5.13. The molecule has 2 unspecified atom stereocenters. The lowest BCUT2D eigenvalue weighted by Crippen LogP contribution is -2.35. The van der Waals surface area contributed by atoms with Crippen LogP contribution in [0.1, 0.15) is 52.1 Å². The number of hydrogen-bond donors (Lipinski definition) is 1. The molecular weight excluding hydrogens is 265 g/mol. The molecule has 0 saturated carbocycles. The van der Waals surface area contributed by atoms with Gasteiger partial charge in [0.2, 0.25) is 0 Å². The largest absolute Gasteiger partial charge is 0.307 e. The van der Waals surface area contributed by atoms with Gasteiger partial charge in [-0.25, -0.2) is 0 Å². The summed E-state index contributed by atoms with van der Waals surface area (Å²) < 4.78 is 0. The Hall–Kier alpha value is -0.240. The van der Waals surface area contributed by atoms with E-state index in [1.165, 1.54) is 12.8 Å². The first-order valence-corrected chi connectivity index (χ1v) is 7.46. The van der Waals surface area contributed by atoms with Crippen LogP contribution in [0.5, 0.6) is 0 Å². The number of nitrogens with one attached hydrogen (secondary N) is 1. The molecule has 0 radical (unpaired) electrons. The SMILES string of the molecule is CCC(CC)C(C)NC(C)c1cc(Cl)ccc1Cl. The van der Waals surface area contributed by atoms with Gasteiger partial charge in [0.1, 0.15) is 0 Å². The molecule has 1 N–H and O–H groups in total. The molecule has 1 aromatic rings. The van der Waals surface area contributed by atoms with E-state index in [0.29, 0.717) is 12.0 Å². The molecule has 0 aliphatic carbocycles. The molecule has 0 saturated heterocycles. The molecule has 0 spiro atoms. The maximum atomic E-state index is 6.22. The van der Waals surface area contributed by atoms with E-state index in [9.17, 15) is 0 Å². The molecule has 2 atom stereocenters. The van der Waals surface area contributed by atoms with E-state index in [1.807, 2.05) is 18.2 Å². The summed E-state index contributed by atoms with van der Waals surface area (Å²) in [4.78, 5) is 0. The van der Waals surface area contributed by atoms with Gasteiger partial charge in [-0.3, -0.25) is 0 Å². The molecule has 102 valence electrons. The molecule has 1 rings (SSSR count). The van der Waals surface area contributed by atoms with Crippen molar-refractivity contribution in [3.8, 4) is 0 Å². The van der Waals surface area contributed by atoms with Crippen LogP contribution in [0.4, 0.5) is 0 Å². The van der Waals surface area contributed by atoms with E-state index in [4.69, 9.17) is 23.2 Å². The van der Waals surface area contributed by atoms with Gasteiger partial charge in [-0.1, -0.05) is 49.9 Å². The highest BCUT2D eigenvalue weighted by Gasteiger charge is 2.17. The van der Waals surface area contributed by atoms with Gasteiger partial charge in [0, 0.05) is 22.1 Å². The third-order valence-corrected chi connectivity index (χ3v) is 4.27. The quantitative estimate of drug-likeness (QED) is 0.732. The van der Waals surface area contributed by atoms with Gasteiger partial charge in [-0.2, -0.15) is 0 Å². The number of rotatable bonds is 6. The first kappa shape index (κ1) is 15.8. The lowest BCUT2D eigenvalue weighted by molar-refractivity contribution is 0.330. The summed E-state index contributed by atoms with van der Waals surface area (Å²) in [6.07, 6.45) is 2.39. The average molecular weight is 288 g/mol. The average Bonchev–Trinajstić information content (AvgIpc) is 2.33. The van der Waals surface area contributed by atoms with E-state index in [0.717, 1.165) is 15.6 Å². The highest BCUT2D eigenvalue weighted by Crippen LogP contribution is 2.27. The fourth-order valence-electron chi connectivity index (χ4n) is 2.46. The lowest BCUT2D eigenvalue weighted by atomic mass is 9.94. The van der Waals surface area contributed by atoms with Crippen LogP contribution in [-0.2, 0) is 0 Å². The molecule has 0 amide bonds. The molecule has 18 heavy (non-hydrogen) atoms. The van der Waals surface area contributed by atoms with E-state index in [2.05, 4.69) is 33.0 Å². The van der Waals surface area contributed by atoms with Gasteiger partial charge in [-0.15, -0.1) is 0 Å². The van der Waals surface area contributed by atoms with Crippen LogP contribution in [0.15, 0.2) is 18.2 Å². The van der Waals surface area contributed by atoms with Crippen LogP contribution in [0.25, 0.3) is 0 Å². The van der Waals surface area contributed by atoms with Gasteiger partial charge in [0.25, 0.3) is 0 Å². The second kappa shape index (κ2) is 7.37. The molecule has 0 heterocycles. The predicted molar refractivity (Wildman–Crippen MR) is 81.5 cm³/mol. The third-order valence-electron chi connectivity index (χ3n) is 3.69. The number of halogens is 2. The fourth-order valence-corrected chi connectivity index (χ4v) is 2.92. The maximum Gasteiger partial charge on any atom is 0.0454 e. The standard InChI is InChI=1S/C15H23Cl2N/c1-5-12(6-2)10(3)18-11(4)14-9-13(16)7-8-15(14)17/h7-12,18H,5-6H2,1-4H3. The molecule has 0 aromatic heterocycles. The Kier molecular flexibility index (Phi) is 6.48. The smallest absolute Gasteiger partial charge is 0.0454 e. The summed E-state index contributed by atoms with van der Waals surface area (Å²) in [5.41, 5.74) is 1.07. The fraction of sp³-hybridized carbons (Fsp3) is 0.600. The van der Waals surface area contributed by atoms with Crippen molar-refractivity contribution in [1.29, 1.82) is 0 Å². The van der Waals surface area contributed by atoms with Crippen molar-refractivity contribution in [3.05, 3.63) is 33.8 Å². The summed E-state index contributed by atoms with van der Waals surface area (Å²) in [7, 11) is 0. The monoisotopic (exact) mass is 287 g/mol. The zero-order valence-electron chi connectivity index (χ0n) is 11.6. The maximum absolute atomic E-state index is 6.22. The van der Waals surface area contributed by atoms with Crippen molar-refractivity contribution in [2.45, 2.75) is 52.6 Å². The Bertz CT molecular complexity index is 375. The first-order valence-electron chi connectivity index (χ1n) is 6.70. The second-order valence-corrected chi connectivity index (χ2v) is 5.76. The minimum absolute atomic E-state index is 0.215. The van der Waals surface area contributed by atoms with E-state index in [-0.39, 0.29) is 6.04 Å². The van der Waals surface area contributed by atoms with Gasteiger partial charge in [-0.05, 0) is 43.5 Å². The van der Waals surface area contributed by atoms with Crippen LogP contribution in [0.2, 0.25) is 10.0 Å². The van der Waals surface area contributed by atoms with Crippen molar-refractivity contribution in [2.24, 2.45) is 5.92 Å². The van der Waals surface area contributed by atoms with Gasteiger partial charge in [0.15, 0.2) is 0 Å². The molecule has 0 aliphatic heterocycles. The van der Waals surface area contributed by atoms with Gasteiger partial charge in [0.05, 0.1) is 0 Å². The minimum Gasteiger partial charge on any atom is -0.307 e. The molecule has 0 bridgehead atoms. The van der Waals surface area contributed by atoms with E-state index < -0.39 is 0 Å². The Labute approximate surface area is 121 Å². The Morgan fingerprint density at radius 2 is 1.72 bits per heavy atom. The van der Waals surface area contributed by atoms with Crippen molar-refractivity contribution in [1.82, 2.24) is 5.32 Å². The minimum atomic E-state index is 0.215. The molecule has 1 nitrogen and oxygen atoms in total. The van der Waals surface area contributed by atoms with Crippen LogP contribution < -0.4 is 5.32 Å². The third kappa shape index (κ3) is 4.15.